The zero-order valence-corrected chi connectivity index (χ0v) is 16.9. The molecule has 1 aliphatic heterocycles. The van der Waals surface area contributed by atoms with Crippen LogP contribution in [0.3, 0.4) is 0 Å². The zero-order chi connectivity index (χ0) is 20.1. The monoisotopic (exact) mass is 389 g/mol. The number of carboxylic acid groups (broad SMARTS) is 1. The maximum absolute atomic E-state index is 11.1. The first-order chi connectivity index (χ1) is 13.5. The highest BCUT2D eigenvalue weighted by Crippen LogP contribution is 2.28. The molecule has 28 heavy (non-hydrogen) atoms. The molecule has 0 saturated carbocycles. The Kier molecular flexibility index (Phi) is 6.91. The smallest absolute Gasteiger partial charge is 0.404 e. The third-order valence-electron chi connectivity index (χ3n) is 5.54. The number of nitrogens with zero attached hydrogens (tertiary/aromatic N) is 2. The van der Waals surface area contributed by atoms with Gasteiger partial charge in [0.2, 0.25) is 0 Å². The van der Waals surface area contributed by atoms with E-state index in [2.05, 4.69) is 42.5 Å². The summed E-state index contributed by atoms with van der Waals surface area (Å²) in [6, 6.07) is 6.36. The highest BCUT2D eigenvalue weighted by Gasteiger charge is 2.36. The Hall–Kier alpha value is -2.12. The summed E-state index contributed by atoms with van der Waals surface area (Å²) >= 11 is 0. The van der Waals surface area contributed by atoms with E-state index in [1.807, 2.05) is 10.9 Å². The lowest BCUT2D eigenvalue weighted by molar-refractivity contribution is 0.179. The molecule has 0 radical (unpaired) electrons. The number of nitrogens with one attached hydrogen (secondary N) is 1. The van der Waals surface area contributed by atoms with E-state index < -0.39 is 6.09 Å². The van der Waals surface area contributed by atoms with E-state index in [0.717, 1.165) is 43.3 Å². The van der Waals surface area contributed by atoms with Crippen molar-refractivity contribution in [1.82, 2.24) is 15.1 Å². The van der Waals surface area contributed by atoms with Crippen molar-refractivity contribution in [3.63, 3.8) is 0 Å². The van der Waals surface area contributed by atoms with E-state index in [-0.39, 0.29) is 12.1 Å². The lowest BCUT2D eigenvalue weighted by Gasteiger charge is -2.26. The zero-order valence-electron chi connectivity index (χ0n) is 16.9. The fourth-order valence-electron chi connectivity index (χ4n) is 3.75. The maximum Gasteiger partial charge on any atom is 0.404 e. The van der Waals surface area contributed by atoms with Gasteiger partial charge in [-0.1, -0.05) is 26.0 Å². The van der Waals surface area contributed by atoms with Gasteiger partial charge in [0, 0.05) is 25.6 Å². The predicted octanol–water partition coefficient (Wildman–Crippen LogP) is 3.31. The number of hydrogen-bond donors (Lipinski definition) is 2. The lowest BCUT2D eigenvalue weighted by atomic mass is 9.83. The molecule has 3 rings (SSSR count). The van der Waals surface area contributed by atoms with Gasteiger partial charge >= 0.3 is 6.09 Å². The minimum atomic E-state index is -0.982. The summed E-state index contributed by atoms with van der Waals surface area (Å²) in [6.07, 6.45) is 3.55. The third-order valence-corrected chi connectivity index (χ3v) is 5.54. The first kappa shape index (κ1) is 20.6. The number of benzene rings is 1. The predicted molar refractivity (Wildman–Crippen MR) is 108 cm³/mol. The molecule has 1 saturated heterocycles. The van der Waals surface area contributed by atoms with E-state index in [1.165, 1.54) is 5.56 Å². The van der Waals surface area contributed by atoms with E-state index in [0.29, 0.717) is 18.4 Å². The molecule has 3 atom stereocenters. The standard InChI is InChI=1S/C21H31N3O4/c1-14(2)17(11-18(20-13-28-20)23-21(25)26)9-15-5-6-16-12-22-24(19(16)10-15)7-4-8-27-3/h5-6,10,12,14,17-18,20,23H,4,7-9,11,13H2,1-3H3,(H,25,26)/t17-,18?,20?/m0/s1. The summed E-state index contributed by atoms with van der Waals surface area (Å²) in [6.45, 7) is 6.59. The quantitative estimate of drug-likeness (QED) is 0.455. The number of hydrogen-bond acceptors (Lipinski definition) is 4. The molecule has 7 nitrogen and oxygen atoms in total. The molecular weight excluding hydrogens is 358 g/mol. The van der Waals surface area contributed by atoms with Crippen LogP contribution in [0.2, 0.25) is 0 Å². The summed E-state index contributed by atoms with van der Waals surface area (Å²) < 4.78 is 12.5. The molecule has 154 valence electrons. The minimum absolute atomic E-state index is 0.0158. The molecule has 2 unspecified atom stereocenters. The topological polar surface area (TPSA) is 88.9 Å². The van der Waals surface area contributed by atoms with Crippen molar-refractivity contribution in [3.05, 3.63) is 30.0 Å². The number of amides is 1. The lowest BCUT2D eigenvalue weighted by Crippen LogP contribution is -2.40. The van der Waals surface area contributed by atoms with Gasteiger partial charge in [-0.2, -0.15) is 5.10 Å². The van der Waals surface area contributed by atoms with Crippen molar-refractivity contribution in [1.29, 1.82) is 0 Å². The van der Waals surface area contributed by atoms with Crippen molar-refractivity contribution < 1.29 is 19.4 Å². The average Bonchev–Trinajstić information content (AvgIpc) is 3.42. The van der Waals surface area contributed by atoms with Gasteiger partial charge in [0.1, 0.15) is 6.10 Å². The summed E-state index contributed by atoms with van der Waals surface area (Å²) in [5.41, 5.74) is 2.40. The van der Waals surface area contributed by atoms with Crippen LogP contribution in [0.15, 0.2) is 24.4 Å². The second kappa shape index (κ2) is 9.39. The number of aromatic nitrogens is 2. The molecule has 0 bridgehead atoms. The van der Waals surface area contributed by atoms with Gasteiger partial charge in [0.15, 0.2) is 0 Å². The normalized spacial score (nSPS) is 18.4. The SMILES string of the molecule is COCCCn1ncc2ccc(C[C@@H](CC(NC(=O)O)C3CO3)C(C)C)cc21. The molecule has 1 aromatic heterocycles. The Balaban J connectivity index is 1.72. The molecule has 1 fully saturated rings. The first-order valence-corrected chi connectivity index (χ1v) is 10.0. The number of ether oxygens (including phenoxy) is 2. The first-order valence-electron chi connectivity index (χ1n) is 10.0. The van der Waals surface area contributed by atoms with Crippen LogP contribution in [0.5, 0.6) is 0 Å². The molecule has 2 aromatic rings. The Labute approximate surface area is 166 Å². The van der Waals surface area contributed by atoms with E-state index in [9.17, 15) is 4.79 Å². The van der Waals surface area contributed by atoms with Crippen molar-refractivity contribution in [3.8, 4) is 0 Å². The van der Waals surface area contributed by atoms with Crippen LogP contribution in [-0.4, -0.2) is 53.4 Å². The van der Waals surface area contributed by atoms with Crippen molar-refractivity contribution in [2.24, 2.45) is 11.8 Å². The van der Waals surface area contributed by atoms with Crippen LogP contribution in [0.25, 0.3) is 10.9 Å². The molecule has 1 aromatic carbocycles. The summed E-state index contributed by atoms with van der Waals surface area (Å²) in [7, 11) is 1.71. The molecule has 1 amide bonds. The van der Waals surface area contributed by atoms with Crippen LogP contribution in [0.1, 0.15) is 32.3 Å². The number of rotatable bonds is 11. The summed E-state index contributed by atoms with van der Waals surface area (Å²) in [5, 5.41) is 17.4. The van der Waals surface area contributed by atoms with Gasteiger partial charge in [-0.05, 0) is 42.7 Å². The van der Waals surface area contributed by atoms with Crippen molar-refractivity contribution >= 4 is 17.0 Å². The second-order valence-corrected chi connectivity index (χ2v) is 7.98. The third kappa shape index (κ3) is 5.45. The summed E-state index contributed by atoms with van der Waals surface area (Å²) in [4.78, 5) is 11.1. The van der Waals surface area contributed by atoms with Gasteiger partial charge in [0.05, 0.1) is 24.4 Å². The second-order valence-electron chi connectivity index (χ2n) is 7.98. The molecule has 2 N–H and O–H groups in total. The number of epoxide rings is 1. The van der Waals surface area contributed by atoms with Crippen LogP contribution in [0.4, 0.5) is 4.79 Å². The molecule has 1 aliphatic rings. The largest absolute Gasteiger partial charge is 0.465 e. The molecular formula is C21H31N3O4. The minimum Gasteiger partial charge on any atom is -0.465 e. The highest BCUT2D eigenvalue weighted by molar-refractivity contribution is 5.79. The molecule has 2 heterocycles. The van der Waals surface area contributed by atoms with E-state index >= 15 is 0 Å². The molecule has 7 heteroatoms. The Bertz CT molecular complexity index is 785. The Morgan fingerprint density at radius 1 is 1.46 bits per heavy atom. The van der Waals surface area contributed by atoms with Crippen LogP contribution < -0.4 is 5.32 Å². The number of methoxy groups -OCH3 is 1. The fraction of sp³-hybridized carbons (Fsp3) is 0.619. The van der Waals surface area contributed by atoms with Gasteiger partial charge in [-0.25, -0.2) is 4.79 Å². The number of carbonyl (C=O) groups is 1. The van der Waals surface area contributed by atoms with Crippen molar-refractivity contribution in [2.45, 2.75) is 51.8 Å². The van der Waals surface area contributed by atoms with Gasteiger partial charge in [-0.15, -0.1) is 0 Å². The van der Waals surface area contributed by atoms with E-state index in [4.69, 9.17) is 14.6 Å². The van der Waals surface area contributed by atoms with E-state index in [1.54, 1.807) is 7.11 Å². The van der Waals surface area contributed by atoms with Gasteiger partial charge < -0.3 is 19.9 Å². The molecule has 0 aliphatic carbocycles. The Morgan fingerprint density at radius 2 is 2.25 bits per heavy atom. The van der Waals surface area contributed by atoms with Crippen LogP contribution in [-0.2, 0) is 22.4 Å². The highest BCUT2D eigenvalue weighted by atomic mass is 16.6. The fourth-order valence-corrected chi connectivity index (χ4v) is 3.75. The molecule has 0 spiro atoms. The number of fused-ring (bicyclic) bond motifs is 1. The van der Waals surface area contributed by atoms with Gasteiger partial charge in [0.25, 0.3) is 0 Å². The Morgan fingerprint density at radius 3 is 2.89 bits per heavy atom. The number of aryl methyl sites for hydroxylation is 1. The van der Waals surface area contributed by atoms with Gasteiger partial charge in [-0.3, -0.25) is 4.68 Å². The summed E-state index contributed by atoms with van der Waals surface area (Å²) in [5.74, 6) is 0.808. The van der Waals surface area contributed by atoms with Crippen LogP contribution >= 0.6 is 0 Å². The average molecular weight is 389 g/mol. The van der Waals surface area contributed by atoms with Crippen molar-refractivity contribution in [2.75, 3.05) is 20.3 Å². The maximum atomic E-state index is 11.1. The van der Waals surface area contributed by atoms with Crippen LogP contribution in [0, 0.1) is 11.8 Å².